The fourth-order valence-electron chi connectivity index (χ4n) is 2.51. The molecule has 0 amide bonds. The maximum Gasteiger partial charge on any atom is 0.241 e. The molecule has 2 heteroatoms. The van der Waals surface area contributed by atoms with E-state index in [-0.39, 0.29) is 0 Å². The van der Waals surface area contributed by atoms with E-state index in [0.29, 0.717) is 17.8 Å². The number of hydrogen-bond donors (Lipinski definition) is 0. The molecule has 0 aliphatic heterocycles. The summed E-state index contributed by atoms with van der Waals surface area (Å²) in [5.74, 6) is 3.05. The molecule has 20 heavy (non-hydrogen) atoms. The maximum atomic E-state index is 6.28. The Kier molecular flexibility index (Phi) is 6.31. The summed E-state index contributed by atoms with van der Waals surface area (Å²) in [6, 6.07) is 0. The summed E-state index contributed by atoms with van der Waals surface area (Å²) in [5, 5.41) is 0. The number of hydrogen-bond acceptors (Lipinski definition) is 1. The molecule has 0 fully saturated rings. The third kappa shape index (κ3) is 6.13. The van der Waals surface area contributed by atoms with Crippen LogP contribution in [-0.2, 0) is 4.43 Å². The van der Waals surface area contributed by atoms with Crippen molar-refractivity contribution in [1.82, 2.24) is 0 Å². The lowest BCUT2D eigenvalue weighted by atomic mass is 9.81. The molecular weight excluding hydrogens is 260 g/mol. The van der Waals surface area contributed by atoms with E-state index in [4.69, 9.17) is 4.43 Å². The van der Waals surface area contributed by atoms with Crippen molar-refractivity contribution in [3.05, 3.63) is 35.6 Å². The predicted molar refractivity (Wildman–Crippen MR) is 92.1 cm³/mol. The monoisotopic (exact) mass is 292 g/mol. The van der Waals surface area contributed by atoms with Gasteiger partial charge < -0.3 is 4.43 Å². The SMILES string of the molecule is CC(C)=C/C=C/[C@@H](C)C1C=C(O[Si](C)(C)C)[C@@H](C)CC1. The molecule has 0 bridgehead atoms. The first-order valence-corrected chi connectivity index (χ1v) is 11.3. The zero-order valence-corrected chi connectivity index (χ0v) is 15.4. The molecule has 1 unspecified atom stereocenters. The van der Waals surface area contributed by atoms with Crippen LogP contribution >= 0.6 is 0 Å². The van der Waals surface area contributed by atoms with Crippen molar-refractivity contribution in [1.29, 1.82) is 0 Å². The van der Waals surface area contributed by atoms with Crippen LogP contribution in [0.3, 0.4) is 0 Å². The van der Waals surface area contributed by atoms with E-state index >= 15 is 0 Å². The zero-order chi connectivity index (χ0) is 15.3. The molecule has 0 aromatic carbocycles. The summed E-state index contributed by atoms with van der Waals surface area (Å²) in [5.41, 5.74) is 1.35. The van der Waals surface area contributed by atoms with Gasteiger partial charge in [-0.3, -0.25) is 0 Å². The molecule has 0 N–H and O–H groups in total. The molecule has 0 radical (unpaired) electrons. The van der Waals surface area contributed by atoms with Gasteiger partial charge in [-0.15, -0.1) is 0 Å². The lowest BCUT2D eigenvalue weighted by Crippen LogP contribution is -2.29. The highest BCUT2D eigenvalue weighted by atomic mass is 28.4. The lowest BCUT2D eigenvalue weighted by Gasteiger charge is -2.32. The van der Waals surface area contributed by atoms with Crippen molar-refractivity contribution >= 4 is 8.32 Å². The molecule has 114 valence electrons. The van der Waals surface area contributed by atoms with Gasteiger partial charge in [-0.1, -0.05) is 37.6 Å². The zero-order valence-electron chi connectivity index (χ0n) is 14.4. The van der Waals surface area contributed by atoms with Gasteiger partial charge in [0.15, 0.2) is 0 Å². The number of allylic oxidation sites excluding steroid dienone is 6. The van der Waals surface area contributed by atoms with E-state index in [1.807, 2.05) is 0 Å². The minimum atomic E-state index is -1.49. The van der Waals surface area contributed by atoms with E-state index in [2.05, 4.69) is 71.6 Å². The van der Waals surface area contributed by atoms with Crippen molar-refractivity contribution in [3.8, 4) is 0 Å². The highest BCUT2D eigenvalue weighted by Crippen LogP contribution is 2.34. The van der Waals surface area contributed by atoms with Gasteiger partial charge in [0.2, 0.25) is 8.32 Å². The molecule has 0 aromatic rings. The van der Waals surface area contributed by atoms with Crippen LogP contribution in [0.5, 0.6) is 0 Å². The van der Waals surface area contributed by atoms with Crippen molar-refractivity contribution in [2.24, 2.45) is 17.8 Å². The fraction of sp³-hybridized carbons (Fsp3) is 0.667. The van der Waals surface area contributed by atoms with Gasteiger partial charge in [0.05, 0.1) is 5.76 Å². The molecular formula is C18H32OSi. The first-order chi connectivity index (χ1) is 9.19. The molecule has 0 aromatic heterocycles. The summed E-state index contributed by atoms with van der Waals surface area (Å²) in [6.07, 6.45) is 11.7. The van der Waals surface area contributed by atoms with Gasteiger partial charge in [-0.05, 0) is 64.2 Å². The van der Waals surface area contributed by atoms with Crippen molar-refractivity contribution < 1.29 is 4.43 Å². The Balaban J connectivity index is 2.75. The van der Waals surface area contributed by atoms with E-state index in [9.17, 15) is 0 Å². The summed E-state index contributed by atoms with van der Waals surface area (Å²) >= 11 is 0. The summed E-state index contributed by atoms with van der Waals surface area (Å²) in [4.78, 5) is 0. The molecule has 1 aliphatic carbocycles. The first kappa shape index (κ1) is 17.3. The van der Waals surface area contributed by atoms with E-state index < -0.39 is 8.32 Å². The third-order valence-corrected chi connectivity index (χ3v) is 4.59. The van der Waals surface area contributed by atoms with Crippen LogP contribution in [0.15, 0.2) is 35.6 Å². The molecule has 1 aliphatic rings. The van der Waals surface area contributed by atoms with E-state index in [1.165, 1.54) is 24.2 Å². The van der Waals surface area contributed by atoms with Gasteiger partial charge in [-0.2, -0.15) is 0 Å². The molecule has 0 saturated heterocycles. The molecule has 0 saturated carbocycles. The van der Waals surface area contributed by atoms with Crippen LogP contribution in [0.25, 0.3) is 0 Å². The third-order valence-electron chi connectivity index (χ3n) is 3.74. The minimum Gasteiger partial charge on any atom is -0.547 e. The van der Waals surface area contributed by atoms with Crippen molar-refractivity contribution in [2.45, 2.75) is 60.2 Å². The van der Waals surface area contributed by atoms with Crippen LogP contribution in [0.4, 0.5) is 0 Å². The van der Waals surface area contributed by atoms with Crippen LogP contribution in [0.1, 0.15) is 40.5 Å². The van der Waals surface area contributed by atoms with Crippen molar-refractivity contribution in [3.63, 3.8) is 0 Å². The Morgan fingerprint density at radius 2 is 1.95 bits per heavy atom. The van der Waals surface area contributed by atoms with Crippen LogP contribution < -0.4 is 0 Å². The molecule has 1 rings (SSSR count). The van der Waals surface area contributed by atoms with Gasteiger partial charge in [0.1, 0.15) is 0 Å². The molecule has 1 nitrogen and oxygen atoms in total. The second-order valence-corrected chi connectivity index (χ2v) is 11.8. The Morgan fingerprint density at radius 1 is 1.30 bits per heavy atom. The van der Waals surface area contributed by atoms with Gasteiger partial charge in [-0.25, -0.2) is 0 Å². The van der Waals surface area contributed by atoms with Crippen LogP contribution in [-0.4, -0.2) is 8.32 Å². The van der Waals surface area contributed by atoms with Gasteiger partial charge in [0.25, 0.3) is 0 Å². The topological polar surface area (TPSA) is 9.23 Å². The lowest BCUT2D eigenvalue weighted by molar-refractivity contribution is 0.287. The Labute approximate surface area is 126 Å². The average molecular weight is 293 g/mol. The largest absolute Gasteiger partial charge is 0.547 e. The summed E-state index contributed by atoms with van der Waals surface area (Å²) < 4.78 is 6.28. The minimum absolute atomic E-state index is 0.582. The van der Waals surface area contributed by atoms with Crippen LogP contribution in [0, 0.1) is 17.8 Å². The Hall–Kier alpha value is -0.763. The smallest absolute Gasteiger partial charge is 0.241 e. The fourth-order valence-corrected chi connectivity index (χ4v) is 3.49. The first-order valence-electron chi connectivity index (χ1n) is 7.91. The highest BCUT2D eigenvalue weighted by molar-refractivity contribution is 6.70. The second-order valence-electron chi connectivity index (χ2n) is 7.41. The summed E-state index contributed by atoms with van der Waals surface area (Å²) in [6.45, 7) is 15.7. The average Bonchev–Trinajstić information content (AvgIpc) is 2.29. The molecule has 3 atom stereocenters. The highest BCUT2D eigenvalue weighted by Gasteiger charge is 2.27. The normalized spacial score (nSPS) is 25.2. The Morgan fingerprint density at radius 3 is 2.50 bits per heavy atom. The Bertz CT molecular complexity index is 394. The van der Waals surface area contributed by atoms with E-state index in [1.54, 1.807) is 0 Å². The second kappa shape index (κ2) is 7.30. The van der Waals surface area contributed by atoms with Gasteiger partial charge >= 0.3 is 0 Å². The molecule has 0 heterocycles. The number of rotatable bonds is 5. The van der Waals surface area contributed by atoms with Crippen LogP contribution in [0.2, 0.25) is 19.6 Å². The molecule has 0 spiro atoms. The quantitative estimate of drug-likeness (QED) is 0.451. The van der Waals surface area contributed by atoms with E-state index in [0.717, 1.165) is 0 Å². The maximum absolute atomic E-state index is 6.28. The summed E-state index contributed by atoms with van der Waals surface area (Å²) in [7, 11) is -1.49. The predicted octanol–water partition coefficient (Wildman–Crippen LogP) is 5.93. The van der Waals surface area contributed by atoms with Gasteiger partial charge in [0, 0.05) is 5.92 Å². The van der Waals surface area contributed by atoms with Crippen molar-refractivity contribution in [2.75, 3.05) is 0 Å². The standard InChI is InChI=1S/C18H32OSi/c1-14(2)9-8-10-15(3)17-12-11-16(4)18(13-17)19-20(5,6)7/h8-10,13,15-17H,11-12H2,1-7H3/b10-8+/t15-,16+,17?/m1/s1.